The predicted octanol–water partition coefficient (Wildman–Crippen LogP) is 2.78. The van der Waals surface area contributed by atoms with Crippen molar-refractivity contribution in [2.75, 3.05) is 52.9 Å². The molecule has 0 amide bonds. The average molecular weight is 322 g/mol. The summed E-state index contributed by atoms with van der Waals surface area (Å²) in [6, 6.07) is 0. The molecule has 0 bridgehead atoms. The van der Waals surface area contributed by atoms with Crippen LogP contribution in [0.5, 0.6) is 0 Å². The van der Waals surface area contributed by atoms with Crippen molar-refractivity contribution in [3.8, 4) is 0 Å². The molecule has 0 aromatic heterocycles. The molecular formula is C17H38O5. The van der Waals surface area contributed by atoms with Gasteiger partial charge in [-0.15, -0.1) is 0 Å². The number of ether oxygens (including phenoxy) is 3. The van der Waals surface area contributed by atoms with E-state index in [2.05, 4.69) is 13.8 Å². The van der Waals surface area contributed by atoms with Gasteiger partial charge >= 0.3 is 0 Å². The molecule has 0 aliphatic rings. The van der Waals surface area contributed by atoms with E-state index in [0.29, 0.717) is 26.4 Å². The van der Waals surface area contributed by atoms with Crippen LogP contribution in [0, 0.1) is 0 Å². The maximum absolute atomic E-state index is 8.26. The summed E-state index contributed by atoms with van der Waals surface area (Å²) < 4.78 is 15.2. The lowest BCUT2D eigenvalue weighted by atomic mass is 10.2. The van der Waals surface area contributed by atoms with Gasteiger partial charge in [-0.05, 0) is 12.8 Å². The molecule has 0 aromatic carbocycles. The van der Waals surface area contributed by atoms with E-state index >= 15 is 0 Å². The highest BCUT2D eigenvalue weighted by Crippen LogP contribution is 2.02. The van der Waals surface area contributed by atoms with Gasteiger partial charge in [0.1, 0.15) is 0 Å². The first-order valence-corrected chi connectivity index (χ1v) is 8.78. The van der Waals surface area contributed by atoms with Gasteiger partial charge in [-0.1, -0.05) is 46.0 Å². The van der Waals surface area contributed by atoms with Crippen LogP contribution in [0.25, 0.3) is 0 Å². The smallest absolute Gasteiger partial charge is 0.0701 e. The second-order valence-corrected chi connectivity index (χ2v) is 5.05. The quantitative estimate of drug-likeness (QED) is 0.428. The Labute approximate surface area is 137 Å². The topological polar surface area (TPSA) is 68.2 Å². The van der Waals surface area contributed by atoms with E-state index in [9.17, 15) is 0 Å². The number of rotatable bonds is 16. The van der Waals surface area contributed by atoms with Crippen molar-refractivity contribution in [1.82, 2.24) is 0 Å². The van der Waals surface area contributed by atoms with Crippen molar-refractivity contribution in [2.24, 2.45) is 0 Å². The third kappa shape index (κ3) is 28.0. The van der Waals surface area contributed by atoms with Gasteiger partial charge in [0.2, 0.25) is 0 Å². The molecule has 0 atom stereocenters. The highest BCUT2D eigenvalue weighted by Gasteiger charge is 1.89. The monoisotopic (exact) mass is 322 g/mol. The van der Waals surface area contributed by atoms with E-state index < -0.39 is 0 Å². The summed E-state index contributed by atoms with van der Waals surface area (Å²) >= 11 is 0. The molecule has 136 valence electrons. The number of unbranched alkanes of at least 4 members (excludes halogenated alkanes) is 5. The van der Waals surface area contributed by atoms with E-state index in [-0.39, 0.29) is 13.2 Å². The van der Waals surface area contributed by atoms with Crippen LogP contribution in [-0.2, 0) is 14.2 Å². The van der Waals surface area contributed by atoms with Crippen LogP contribution in [0.15, 0.2) is 0 Å². The minimum Gasteiger partial charge on any atom is -0.394 e. The Morgan fingerprint density at radius 1 is 0.500 bits per heavy atom. The Morgan fingerprint density at radius 3 is 1.45 bits per heavy atom. The molecule has 0 saturated heterocycles. The maximum Gasteiger partial charge on any atom is 0.0701 e. The molecule has 0 saturated carbocycles. The van der Waals surface area contributed by atoms with Crippen molar-refractivity contribution in [2.45, 2.75) is 58.8 Å². The van der Waals surface area contributed by atoms with Crippen molar-refractivity contribution in [3.63, 3.8) is 0 Å². The summed E-state index contributed by atoms with van der Waals surface area (Å²) in [5.41, 5.74) is 0. The Balaban J connectivity index is 0. The van der Waals surface area contributed by atoms with Crippen molar-refractivity contribution in [3.05, 3.63) is 0 Å². The normalized spacial score (nSPS) is 10.4. The minimum atomic E-state index is 0.0417. The van der Waals surface area contributed by atoms with Crippen LogP contribution in [0.2, 0.25) is 0 Å². The second-order valence-electron chi connectivity index (χ2n) is 5.05. The van der Waals surface area contributed by atoms with Gasteiger partial charge in [-0.2, -0.15) is 0 Å². The molecular weight excluding hydrogens is 284 g/mol. The summed E-state index contributed by atoms with van der Waals surface area (Å²) in [7, 11) is 0. The lowest BCUT2D eigenvalue weighted by Crippen LogP contribution is -2.09. The van der Waals surface area contributed by atoms with Crippen molar-refractivity contribution < 1.29 is 24.4 Å². The standard InChI is InChI=1S/C11H24O.C6H14O4/c1-3-5-7-8-9-11-12-10-6-4-2;7-1-3-9-5-6-10-4-2-8/h3-11H2,1-2H3;7-8H,1-6H2. The summed E-state index contributed by atoms with van der Waals surface area (Å²) in [6.45, 7) is 8.11. The molecule has 0 rings (SSSR count). The maximum atomic E-state index is 8.26. The lowest BCUT2D eigenvalue weighted by molar-refractivity contribution is 0.0222. The Hall–Kier alpha value is -0.200. The van der Waals surface area contributed by atoms with Crippen LogP contribution in [0.3, 0.4) is 0 Å². The Morgan fingerprint density at radius 2 is 0.955 bits per heavy atom. The number of hydrogen-bond donors (Lipinski definition) is 2. The molecule has 22 heavy (non-hydrogen) atoms. The number of hydrogen-bond acceptors (Lipinski definition) is 5. The van der Waals surface area contributed by atoms with Crippen molar-refractivity contribution >= 4 is 0 Å². The second kappa shape index (κ2) is 25.7. The molecule has 0 radical (unpaired) electrons. The predicted molar refractivity (Wildman–Crippen MR) is 90.3 cm³/mol. The van der Waals surface area contributed by atoms with Gasteiger partial charge in [-0.25, -0.2) is 0 Å². The number of aliphatic hydroxyl groups is 2. The molecule has 0 aliphatic carbocycles. The highest BCUT2D eigenvalue weighted by molar-refractivity contribution is 4.41. The van der Waals surface area contributed by atoms with E-state index in [4.69, 9.17) is 24.4 Å². The summed E-state index contributed by atoms with van der Waals surface area (Å²) in [5.74, 6) is 0. The fourth-order valence-electron chi connectivity index (χ4n) is 1.61. The lowest BCUT2D eigenvalue weighted by Gasteiger charge is -2.02. The molecule has 0 fully saturated rings. The molecule has 2 N–H and O–H groups in total. The highest BCUT2D eigenvalue weighted by atomic mass is 16.5. The zero-order valence-corrected chi connectivity index (χ0v) is 14.7. The van der Waals surface area contributed by atoms with Gasteiger partial charge in [-0.3, -0.25) is 0 Å². The van der Waals surface area contributed by atoms with E-state index in [1.54, 1.807) is 0 Å². The molecule has 0 aromatic rings. The van der Waals surface area contributed by atoms with Gasteiger partial charge < -0.3 is 24.4 Å². The van der Waals surface area contributed by atoms with Gasteiger partial charge in [0.15, 0.2) is 0 Å². The molecule has 5 nitrogen and oxygen atoms in total. The first-order valence-electron chi connectivity index (χ1n) is 8.78. The summed E-state index contributed by atoms with van der Waals surface area (Å²) in [5, 5.41) is 16.5. The third-order valence-electron chi connectivity index (χ3n) is 2.88. The largest absolute Gasteiger partial charge is 0.394 e. The third-order valence-corrected chi connectivity index (χ3v) is 2.88. The first kappa shape index (κ1) is 24.1. The zero-order valence-electron chi connectivity index (χ0n) is 14.7. The Bertz CT molecular complexity index is 149. The first-order chi connectivity index (χ1) is 10.8. The fraction of sp³-hybridized carbons (Fsp3) is 1.00. The number of aliphatic hydroxyl groups excluding tert-OH is 2. The molecule has 0 spiro atoms. The molecule has 0 heterocycles. The molecule has 0 unspecified atom stereocenters. The van der Waals surface area contributed by atoms with Crippen LogP contribution < -0.4 is 0 Å². The SMILES string of the molecule is CCCCCCCOCCCC.OCCOCCOCCO. The van der Waals surface area contributed by atoms with Crippen LogP contribution in [0.4, 0.5) is 0 Å². The van der Waals surface area contributed by atoms with Crippen LogP contribution in [0.1, 0.15) is 58.8 Å². The van der Waals surface area contributed by atoms with Gasteiger partial charge in [0.05, 0.1) is 39.6 Å². The van der Waals surface area contributed by atoms with Crippen LogP contribution in [-0.4, -0.2) is 63.1 Å². The molecule has 5 heteroatoms. The Kier molecular flexibility index (Phi) is 28.1. The zero-order chi connectivity index (χ0) is 16.7. The fourth-order valence-corrected chi connectivity index (χ4v) is 1.61. The van der Waals surface area contributed by atoms with Crippen LogP contribution >= 0.6 is 0 Å². The summed E-state index contributed by atoms with van der Waals surface area (Å²) in [4.78, 5) is 0. The van der Waals surface area contributed by atoms with Gasteiger partial charge in [0.25, 0.3) is 0 Å². The van der Waals surface area contributed by atoms with Gasteiger partial charge in [0, 0.05) is 13.2 Å². The average Bonchev–Trinajstić information content (AvgIpc) is 2.54. The van der Waals surface area contributed by atoms with E-state index in [1.807, 2.05) is 0 Å². The summed E-state index contributed by atoms with van der Waals surface area (Å²) in [6.07, 6.45) is 9.16. The van der Waals surface area contributed by atoms with E-state index in [0.717, 1.165) is 13.2 Å². The van der Waals surface area contributed by atoms with E-state index in [1.165, 1.54) is 44.9 Å². The molecule has 0 aliphatic heterocycles. The van der Waals surface area contributed by atoms with Crippen molar-refractivity contribution in [1.29, 1.82) is 0 Å². The minimum absolute atomic E-state index is 0.0417.